The number of ether oxygens (including phenoxy) is 2. The number of aryl methyl sites for hydroxylation is 1. The van der Waals surface area contributed by atoms with Crippen molar-refractivity contribution in [2.24, 2.45) is 0 Å². The van der Waals surface area contributed by atoms with E-state index in [1.165, 1.54) is 0 Å². The SMILES string of the molecule is COc1nc(N[C@@H]2CCN(C3COC3)C[C@H]2F)nn2ccc(-c3ccc4ncn(CCF)c4c3)c12. The number of nitrogens with one attached hydrogen (secondary N) is 1. The fourth-order valence-corrected chi connectivity index (χ4v) is 4.94. The lowest BCUT2D eigenvalue weighted by molar-refractivity contribution is -0.0794. The van der Waals surface area contributed by atoms with Gasteiger partial charge in [-0.3, -0.25) is 4.90 Å². The van der Waals surface area contributed by atoms with Gasteiger partial charge >= 0.3 is 0 Å². The lowest BCUT2D eigenvalue weighted by Gasteiger charge is -2.42. The first-order valence-corrected chi connectivity index (χ1v) is 11.8. The van der Waals surface area contributed by atoms with Crippen LogP contribution in [0.15, 0.2) is 36.8 Å². The Balaban J connectivity index is 1.28. The normalized spacial score (nSPS) is 21.5. The van der Waals surface area contributed by atoms with E-state index in [-0.39, 0.29) is 12.6 Å². The molecule has 0 unspecified atom stereocenters. The minimum Gasteiger partial charge on any atom is -0.479 e. The number of hydrogen-bond donors (Lipinski definition) is 1. The summed E-state index contributed by atoms with van der Waals surface area (Å²) in [6, 6.07) is 7.75. The highest BCUT2D eigenvalue weighted by Gasteiger charge is 2.35. The van der Waals surface area contributed by atoms with E-state index in [1.54, 1.807) is 22.5 Å². The van der Waals surface area contributed by atoms with Gasteiger partial charge in [0, 0.05) is 24.8 Å². The van der Waals surface area contributed by atoms with Gasteiger partial charge in [0.1, 0.15) is 18.4 Å². The molecule has 0 radical (unpaired) electrons. The Morgan fingerprint density at radius 3 is 2.89 bits per heavy atom. The summed E-state index contributed by atoms with van der Waals surface area (Å²) in [6.45, 7) is 2.34. The summed E-state index contributed by atoms with van der Waals surface area (Å²) in [5, 5.41) is 7.77. The van der Waals surface area contributed by atoms with Crippen LogP contribution in [-0.2, 0) is 11.3 Å². The largest absolute Gasteiger partial charge is 0.479 e. The number of piperidine rings is 1. The van der Waals surface area contributed by atoms with Crippen molar-refractivity contribution in [2.45, 2.75) is 31.2 Å². The second-order valence-electron chi connectivity index (χ2n) is 9.04. The number of benzene rings is 1. The second-order valence-corrected chi connectivity index (χ2v) is 9.04. The Morgan fingerprint density at radius 2 is 2.14 bits per heavy atom. The van der Waals surface area contributed by atoms with Gasteiger partial charge in [-0.05, 0) is 30.2 Å². The van der Waals surface area contributed by atoms with E-state index in [0.29, 0.717) is 49.6 Å². The Hall–Kier alpha value is -3.31. The highest BCUT2D eigenvalue weighted by Crippen LogP contribution is 2.33. The molecular weight excluding hydrogens is 456 g/mol. The second kappa shape index (κ2) is 9.04. The van der Waals surface area contributed by atoms with E-state index < -0.39 is 12.8 Å². The van der Waals surface area contributed by atoms with E-state index in [0.717, 1.165) is 28.7 Å². The van der Waals surface area contributed by atoms with Crippen molar-refractivity contribution in [1.29, 1.82) is 0 Å². The molecular formula is C24H27F2N7O2. The van der Waals surface area contributed by atoms with E-state index in [4.69, 9.17) is 9.47 Å². The molecule has 6 rings (SSSR count). The first-order chi connectivity index (χ1) is 17.1. The van der Waals surface area contributed by atoms with E-state index in [2.05, 4.69) is 25.3 Å². The van der Waals surface area contributed by atoms with Gasteiger partial charge in [0.25, 0.3) is 0 Å². The number of fused-ring (bicyclic) bond motifs is 2. The van der Waals surface area contributed by atoms with Crippen LogP contribution >= 0.6 is 0 Å². The molecule has 3 aromatic heterocycles. The first kappa shape index (κ1) is 22.2. The zero-order valence-corrected chi connectivity index (χ0v) is 19.4. The van der Waals surface area contributed by atoms with Crippen molar-refractivity contribution in [2.75, 3.05) is 45.4 Å². The van der Waals surface area contributed by atoms with Gasteiger partial charge in [0.2, 0.25) is 11.8 Å². The minimum atomic E-state index is -1.03. The van der Waals surface area contributed by atoms with Crippen LogP contribution in [-0.4, -0.2) is 87.4 Å². The number of likely N-dealkylation sites (tertiary alicyclic amines) is 1. The summed E-state index contributed by atoms with van der Waals surface area (Å²) in [5.74, 6) is 0.709. The van der Waals surface area contributed by atoms with Gasteiger partial charge < -0.3 is 19.4 Å². The quantitative estimate of drug-likeness (QED) is 0.433. The minimum absolute atomic E-state index is 0.251. The third kappa shape index (κ3) is 3.98. The van der Waals surface area contributed by atoms with Crippen molar-refractivity contribution in [3.63, 3.8) is 0 Å². The number of alkyl halides is 2. The molecule has 11 heteroatoms. The molecule has 0 spiro atoms. The summed E-state index contributed by atoms with van der Waals surface area (Å²) in [4.78, 5) is 11.1. The highest BCUT2D eigenvalue weighted by atomic mass is 19.1. The molecule has 4 aromatic rings. The predicted molar refractivity (Wildman–Crippen MR) is 127 cm³/mol. The molecule has 5 heterocycles. The van der Waals surface area contributed by atoms with E-state index in [9.17, 15) is 8.78 Å². The zero-order chi connectivity index (χ0) is 23.9. The van der Waals surface area contributed by atoms with Crippen LogP contribution in [0, 0.1) is 0 Å². The summed E-state index contributed by atoms with van der Waals surface area (Å²) in [5.41, 5.74) is 4.15. The smallest absolute Gasteiger partial charge is 0.244 e. The molecule has 0 bridgehead atoms. The summed E-state index contributed by atoms with van der Waals surface area (Å²) < 4.78 is 42.2. The number of anilines is 1. The third-order valence-corrected chi connectivity index (χ3v) is 6.95. The molecule has 0 saturated carbocycles. The Kier molecular flexibility index (Phi) is 5.73. The lowest BCUT2D eigenvalue weighted by atomic mass is 10.0. The molecule has 1 aromatic carbocycles. The molecule has 35 heavy (non-hydrogen) atoms. The molecule has 184 valence electrons. The summed E-state index contributed by atoms with van der Waals surface area (Å²) in [7, 11) is 1.56. The molecule has 2 fully saturated rings. The molecule has 2 saturated heterocycles. The van der Waals surface area contributed by atoms with Gasteiger partial charge in [0.05, 0.1) is 56.3 Å². The van der Waals surface area contributed by atoms with Gasteiger partial charge in [-0.25, -0.2) is 18.3 Å². The Labute approximate surface area is 200 Å². The number of imidazole rings is 1. The summed E-state index contributed by atoms with van der Waals surface area (Å²) >= 11 is 0. The average molecular weight is 484 g/mol. The number of rotatable bonds is 7. The summed E-state index contributed by atoms with van der Waals surface area (Å²) in [6.07, 6.45) is 3.10. The topological polar surface area (TPSA) is 81.7 Å². The molecule has 2 aliphatic heterocycles. The van der Waals surface area contributed by atoms with Crippen molar-refractivity contribution < 1.29 is 18.3 Å². The maximum absolute atomic E-state index is 14.9. The maximum Gasteiger partial charge on any atom is 0.244 e. The maximum atomic E-state index is 14.9. The molecule has 0 aliphatic carbocycles. The zero-order valence-electron chi connectivity index (χ0n) is 19.4. The average Bonchev–Trinajstić information content (AvgIpc) is 3.43. The Bertz CT molecular complexity index is 1350. The van der Waals surface area contributed by atoms with Crippen molar-refractivity contribution in [3.05, 3.63) is 36.8 Å². The Morgan fingerprint density at radius 1 is 1.26 bits per heavy atom. The van der Waals surface area contributed by atoms with Crippen LogP contribution in [0.3, 0.4) is 0 Å². The van der Waals surface area contributed by atoms with Crippen molar-refractivity contribution in [3.8, 4) is 17.0 Å². The van der Waals surface area contributed by atoms with E-state index >= 15 is 0 Å². The molecule has 9 nitrogen and oxygen atoms in total. The third-order valence-electron chi connectivity index (χ3n) is 6.95. The lowest BCUT2D eigenvalue weighted by Crippen LogP contribution is -2.57. The van der Waals surface area contributed by atoms with Crippen LogP contribution in [0.2, 0.25) is 0 Å². The number of hydrogen-bond acceptors (Lipinski definition) is 7. The van der Waals surface area contributed by atoms with Gasteiger partial charge in [0.15, 0.2) is 0 Å². The number of nitrogens with zero attached hydrogens (tertiary/aromatic N) is 6. The standard InChI is InChI=1S/C24H27F2N7O2/c1-34-23-22-17(15-2-3-20-21(10-15)32(9-6-25)14-27-20)4-8-33(22)30-24(29-23)28-19-5-7-31(11-18(19)26)16-12-35-13-16/h2-4,8,10,14,16,18-19H,5-7,9,11-13H2,1H3,(H,28,30)/t18-,19-/m1/s1. The van der Waals surface area contributed by atoms with Crippen LogP contribution < -0.4 is 10.1 Å². The molecule has 2 aliphatic rings. The fourth-order valence-electron chi connectivity index (χ4n) is 4.94. The van der Waals surface area contributed by atoms with Gasteiger partial charge in [-0.2, -0.15) is 4.98 Å². The first-order valence-electron chi connectivity index (χ1n) is 11.8. The number of halogens is 2. The van der Waals surface area contributed by atoms with Crippen LogP contribution in [0.25, 0.3) is 27.7 Å². The van der Waals surface area contributed by atoms with Crippen LogP contribution in [0.1, 0.15) is 6.42 Å². The molecule has 1 N–H and O–H groups in total. The monoisotopic (exact) mass is 483 g/mol. The van der Waals surface area contributed by atoms with E-state index in [1.807, 2.05) is 30.5 Å². The number of aromatic nitrogens is 5. The predicted octanol–water partition coefficient (Wildman–Crippen LogP) is 2.95. The fraction of sp³-hybridized carbons (Fsp3) is 0.458. The van der Waals surface area contributed by atoms with Crippen molar-refractivity contribution >= 4 is 22.5 Å². The molecule has 2 atom stereocenters. The van der Waals surface area contributed by atoms with Crippen LogP contribution in [0.5, 0.6) is 5.88 Å². The van der Waals surface area contributed by atoms with Gasteiger partial charge in [-0.1, -0.05) is 6.07 Å². The molecule has 0 amide bonds. The van der Waals surface area contributed by atoms with Crippen LogP contribution in [0.4, 0.5) is 14.7 Å². The van der Waals surface area contributed by atoms with Crippen molar-refractivity contribution in [1.82, 2.24) is 29.0 Å². The number of methoxy groups -OCH3 is 1. The highest BCUT2D eigenvalue weighted by molar-refractivity contribution is 5.89. The van der Waals surface area contributed by atoms with Gasteiger partial charge in [-0.15, -0.1) is 5.10 Å².